The lowest BCUT2D eigenvalue weighted by atomic mass is 10.0. The zero-order valence-electron chi connectivity index (χ0n) is 19.5. The minimum absolute atomic E-state index is 0.0612. The standard InChI is InChI=1S/C25H21Cl2N5O5/c1-25(27)18(37-22(34)15-10-6-3-7-11-15)16(12-35-21(33)14-8-4-2-5-9-14)36-23(25)32-13-29-17-19(26)30-24(28)31-20(17)32/h2-11,13,16,18,23H,12H2,1H3,(H2,28,30,31)/t16-,18-,23?,25-/m1/s1. The Kier molecular flexibility index (Phi) is 6.72. The number of anilines is 1. The first-order valence-corrected chi connectivity index (χ1v) is 12.0. The number of ether oxygens (including phenoxy) is 3. The summed E-state index contributed by atoms with van der Waals surface area (Å²) in [5.41, 5.74) is 7.07. The predicted octanol–water partition coefficient (Wildman–Crippen LogP) is 4.04. The van der Waals surface area contributed by atoms with Crippen LogP contribution >= 0.6 is 23.2 Å². The second-order valence-corrected chi connectivity index (χ2v) is 9.70. The minimum Gasteiger partial charge on any atom is -0.459 e. The van der Waals surface area contributed by atoms with Gasteiger partial charge in [0.1, 0.15) is 23.1 Å². The summed E-state index contributed by atoms with van der Waals surface area (Å²) in [5, 5.41) is 0.0657. The van der Waals surface area contributed by atoms with E-state index in [0.29, 0.717) is 16.6 Å². The van der Waals surface area contributed by atoms with Crippen LogP contribution in [0.15, 0.2) is 67.0 Å². The van der Waals surface area contributed by atoms with Crippen molar-refractivity contribution in [3.05, 3.63) is 83.3 Å². The molecule has 37 heavy (non-hydrogen) atoms. The van der Waals surface area contributed by atoms with Gasteiger partial charge in [0.2, 0.25) is 5.95 Å². The number of imidazole rings is 1. The third-order valence-corrected chi connectivity index (χ3v) is 6.63. The van der Waals surface area contributed by atoms with Gasteiger partial charge in [-0.05, 0) is 31.2 Å². The first kappa shape index (κ1) is 24.9. The molecule has 1 saturated heterocycles. The number of hydrogen-bond donors (Lipinski definition) is 1. The Labute approximate surface area is 221 Å². The molecule has 12 heteroatoms. The highest BCUT2D eigenvalue weighted by molar-refractivity contribution is 6.33. The van der Waals surface area contributed by atoms with E-state index in [1.807, 2.05) is 0 Å². The molecule has 190 valence electrons. The number of esters is 2. The van der Waals surface area contributed by atoms with E-state index in [1.165, 1.54) is 10.9 Å². The van der Waals surface area contributed by atoms with Crippen LogP contribution in [0.25, 0.3) is 11.2 Å². The summed E-state index contributed by atoms with van der Waals surface area (Å²) in [5.74, 6) is -1.22. The van der Waals surface area contributed by atoms with Crippen LogP contribution in [0.4, 0.5) is 5.95 Å². The van der Waals surface area contributed by atoms with Gasteiger partial charge in [0, 0.05) is 0 Å². The number of carbonyl (C=O) groups excluding carboxylic acids is 2. The van der Waals surface area contributed by atoms with Crippen molar-refractivity contribution in [2.75, 3.05) is 12.3 Å². The van der Waals surface area contributed by atoms with Crippen LogP contribution in [0.1, 0.15) is 33.9 Å². The molecule has 0 spiro atoms. The number of aromatic nitrogens is 4. The van der Waals surface area contributed by atoms with E-state index >= 15 is 0 Å². The summed E-state index contributed by atoms with van der Waals surface area (Å²) in [6, 6.07) is 17.0. The predicted molar refractivity (Wildman–Crippen MR) is 135 cm³/mol. The molecular formula is C25H21Cl2N5O5. The molecule has 1 fully saturated rings. The van der Waals surface area contributed by atoms with Gasteiger partial charge in [0.15, 0.2) is 23.1 Å². The van der Waals surface area contributed by atoms with Crippen molar-refractivity contribution in [1.29, 1.82) is 0 Å². The van der Waals surface area contributed by atoms with Crippen molar-refractivity contribution in [2.24, 2.45) is 0 Å². The van der Waals surface area contributed by atoms with E-state index in [9.17, 15) is 9.59 Å². The molecule has 0 radical (unpaired) electrons. The number of nitrogen functional groups attached to an aromatic ring is 1. The van der Waals surface area contributed by atoms with Crippen molar-refractivity contribution < 1.29 is 23.8 Å². The molecule has 4 atom stereocenters. The highest BCUT2D eigenvalue weighted by atomic mass is 35.5. The van der Waals surface area contributed by atoms with Crippen molar-refractivity contribution in [1.82, 2.24) is 19.5 Å². The quantitative estimate of drug-likeness (QED) is 0.218. The number of nitrogens with two attached hydrogens (primary N) is 1. The Balaban J connectivity index is 1.47. The van der Waals surface area contributed by atoms with E-state index in [0.717, 1.165) is 0 Å². The van der Waals surface area contributed by atoms with Gasteiger partial charge < -0.3 is 19.9 Å². The second-order valence-electron chi connectivity index (χ2n) is 8.53. The molecule has 1 unspecified atom stereocenters. The summed E-state index contributed by atoms with van der Waals surface area (Å²) in [7, 11) is 0. The molecule has 0 saturated carbocycles. The van der Waals surface area contributed by atoms with Crippen LogP contribution in [0.5, 0.6) is 0 Å². The molecule has 0 amide bonds. The molecular weight excluding hydrogens is 521 g/mol. The molecule has 2 aromatic carbocycles. The fraction of sp³-hybridized carbons (Fsp3) is 0.240. The molecule has 3 heterocycles. The number of fused-ring (bicyclic) bond motifs is 1. The van der Waals surface area contributed by atoms with E-state index in [1.54, 1.807) is 67.6 Å². The number of benzene rings is 2. The zero-order valence-corrected chi connectivity index (χ0v) is 21.0. The van der Waals surface area contributed by atoms with Crippen LogP contribution in [-0.4, -0.2) is 55.1 Å². The monoisotopic (exact) mass is 541 g/mol. The van der Waals surface area contributed by atoms with Gasteiger partial charge in [-0.25, -0.2) is 14.6 Å². The molecule has 10 nitrogen and oxygen atoms in total. The highest BCUT2D eigenvalue weighted by Crippen LogP contribution is 2.46. The fourth-order valence-electron chi connectivity index (χ4n) is 4.17. The first-order valence-electron chi connectivity index (χ1n) is 11.2. The number of rotatable bonds is 6. The summed E-state index contributed by atoms with van der Waals surface area (Å²) >= 11 is 13.2. The Morgan fingerprint density at radius 3 is 2.32 bits per heavy atom. The molecule has 1 aliphatic rings. The maximum absolute atomic E-state index is 13.0. The fourth-order valence-corrected chi connectivity index (χ4v) is 4.73. The van der Waals surface area contributed by atoms with Gasteiger partial charge in [0.25, 0.3) is 0 Å². The topological polar surface area (TPSA) is 131 Å². The number of nitrogens with zero attached hydrogens (tertiary/aromatic N) is 4. The molecule has 0 aliphatic carbocycles. The second kappa shape index (κ2) is 9.97. The minimum atomic E-state index is -1.34. The third kappa shape index (κ3) is 4.83. The zero-order chi connectivity index (χ0) is 26.2. The summed E-state index contributed by atoms with van der Waals surface area (Å²) in [6.45, 7) is 1.42. The molecule has 4 aromatic rings. The van der Waals surface area contributed by atoms with Crippen LogP contribution in [0.3, 0.4) is 0 Å². The smallest absolute Gasteiger partial charge is 0.338 e. The Bertz CT molecular complexity index is 1450. The molecule has 1 aliphatic heterocycles. The average Bonchev–Trinajstić information content (AvgIpc) is 3.41. The van der Waals surface area contributed by atoms with Gasteiger partial charge in [-0.2, -0.15) is 9.97 Å². The molecule has 5 rings (SSSR count). The maximum atomic E-state index is 13.0. The largest absolute Gasteiger partial charge is 0.459 e. The van der Waals surface area contributed by atoms with Gasteiger partial charge in [-0.15, -0.1) is 11.6 Å². The number of alkyl halides is 1. The highest BCUT2D eigenvalue weighted by Gasteiger charge is 2.57. The maximum Gasteiger partial charge on any atom is 0.338 e. The summed E-state index contributed by atoms with van der Waals surface area (Å²) in [4.78, 5) is 36.6. The van der Waals surface area contributed by atoms with E-state index in [-0.39, 0.29) is 23.4 Å². The van der Waals surface area contributed by atoms with Crippen LogP contribution in [0.2, 0.25) is 5.15 Å². The van der Waals surface area contributed by atoms with Crippen molar-refractivity contribution in [3.8, 4) is 0 Å². The van der Waals surface area contributed by atoms with Gasteiger partial charge in [-0.3, -0.25) is 4.57 Å². The van der Waals surface area contributed by atoms with Crippen LogP contribution < -0.4 is 5.73 Å². The van der Waals surface area contributed by atoms with Crippen molar-refractivity contribution in [3.63, 3.8) is 0 Å². The van der Waals surface area contributed by atoms with Gasteiger partial charge in [0.05, 0.1) is 17.5 Å². The van der Waals surface area contributed by atoms with Gasteiger partial charge in [-0.1, -0.05) is 48.0 Å². The molecule has 2 N–H and O–H groups in total. The van der Waals surface area contributed by atoms with Crippen molar-refractivity contribution >= 4 is 52.3 Å². The number of halogens is 2. The Hall–Kier alpha value is -3.73. The van der Waals surface area contributed by atoms with Crippen molar-refractivity contribution in [2.45, 2.75) is 30.2 Å². The van der Waals surface area contributed by atoms with E-state index in [4.69, 9.17) is 43.1 Å². The van der Waals surface area contributed by atoms with E-state index < -0.39 is 35.2 Å². The first-order chi connectivity index (χ1) is 17.8. The van der Waals surface area contributed by atoms with Crippen LogP contribution in [0, 0.1) is 0 Å². The Morgan fingerprint density at radius 1 is 1.05 bits per heavy atom. The SMILES string of the molecule is C[C@]1(Cl)C(n2cnc3c(Cl)nc(N)nc32)O[C@H](COC(=O)c2ccccc2)[C@H]1OC(=O)c1ccccc1. The lowest BCUT2D eigenvalue weighted by molar-refractivity contribution is -0.0565. The lowest BCUT2D eigenvalue weighted by Gasteiger charge is -2.29. The summed E-state index contributed by atoms with van der Waals surface area (Å²) in [6.07, 6.45) is -1.45. The third-order valence-electron chi connectivity index (χ3n) is 5.96. The van der Waals surface area contributed by atoms with Crippen LogP contribution in [-0.2, 0) is 14.2 Å². The molecule has 2 aromatic heterocycles. The molecule has 0 bridgehead atoms. The number of carbonyl (C=O) groups is 2. The lowest BCUT2D eigenvalue weighted by Crippen LogP contribution is -2.43. The Morgan fingerprint density at radius 2 is 1.68 bits per heavy atom. The van der Waals surface area contributed by atoms with Gasteiger partial charge >= 0.3 is 11.9 Å². The summed E-state index contributed by atoms with van der Waals surface area (Å²) < 4.78 is 19.1. The number of hydrogen-bond acceptors (Lipinski definition) is 9. The average molecular weight is 542 g/mol. The van der Waals surface area contributed by atoms with E-state index in [2.05, 4.69) is 15.0 Å². The normalized spacial score (nSPS) is 23.2.